The van der Waals surface area contributed by atoms with Crippen LogP contribution in [0, 0.1) is 0 Å². The van der Waals surface area contributed by atoms with E-state index in [1.54, 1.807) is 31.4 Å². The molecule has 0 aliphatic heterocycles. The van der Waals surface area contributed by atoms with E-state index in [2.05, 4.69) is 10.5 Å². The van der Waals surface area contributed by atoms with Crippen molar-refractivity contribution in [3.63, 3.8) is 0 Å². The van der Waals surface area contributed by atoms with Crippen molar-refractivity contribution in [3.8, 4) is 5.75 Å². The van der Waals surface area contributed by atoms with Crippen LogP contribution in [0.4, 0.5) is 0 Å². The van der Waals surface area contributed by atoms with Gasteiger partial charge in [0, 0.05) is 15.1 Å². The first kappa shape index (κ1) is 18.0. The van der Waals surface area contributed by atoms with Gasteiger partial charge in [0.25, 0.3) is 5.91 Å². The number of halogens is 3. The highest BCUT2D eigenvalue weighted by molar-refractivity contribution is 7.21. The number of carbonyl (C=O) groups excluding carboxylic acids is 1. The van der Waals surface area contributed by atoms with E-state index < -0.39 is 5.91 Å². The van der Waals surface area contributed by atoms with E-state index in [-0.39, 0.29) is 0 Å². The minimum absolute atomic E-state index is 0.291. The van der Waals surface area contributed by atoms with Crippen molar-refractivity contribution in [3.05, 3.63) is 61.9 Å². The summed E-state index contributed by atoms with van der Waals surface area (Å²) in [6.45, 7) is 0. The molecule has 0 saturated heterocycles. The smallest absolute Gasteiger partial charge is 0.283 e. The number of thiophene rings is 1. The van der Waals surface area contributed by atoms with Crippen LogP contribution in [-0.2, 0) is 0 Å². The van der Waals surface area contributed by atoms with Gasteiger partial charge < -0.3 is 4.74 Å². The number of amides is 1. The van der Waals surface area contributed by atoms with E-state index in [1.807, 2.05) is 12.1 Å². The van der Waals surface area contributed by atoms with E-state index >= 15 is 0 Å². The Kier molecular flexibility index (Phi) is 5.49. The van der Waals surface area contributed by atoms with Crippen LogP contribution in [0.1, 0.15) is 15.2 Å². The number of fused-ring (bicyclic) bond motifs is 1. The van der Waals surface area contributed by atoms with Crippen molar-refractivity contribution in [1.82, 2.24) is 5.43 Å². The van der Waals surface area contributed by atoms with Gasteiger partial charge in [-0.15, -0.1) is 11.3 Å². The normalized spacial score (nSPS) is 11.2. The molecule has 25 heavy (non-hydrogen) atoms. The zero-order valence-corrected chi connectivity index (χ0v) is 15.9. The number of carbonyl (C=O) groups is 1. The van der Waals surface area contributed by atoms with Crippen LogP contribution in [0.3, 0.4) is 0 Å². The molecule has 2 aromatic carbocycles. The van der Waals surface area contributed by atoms with Gasteiger partial charge in [0.05, 0.1) is 23.4 Å². The van der Waals surface area contributed by atoms with E-state index in [0.29, 0.717) is 25.3 Å². The van der Waals surface area contributed by atoms with Gasteiger partial charge in [-0.25, -0.2) is 5.43 Å². The molecule has 0 bridgehead atoms. The predicted octanol–water partition coefficient (Wildman–Crippen LogP) is 5.63. The van der Waals surface area contributed by atoms with Crippen LogP contribution in [0.25, 0.3) is 10.1 Å². The molecule has 1 amide bonds. The molecule has 8 heteroatoms. The van der Waals surface area contributed by atoms with Gasteiger partial charge in [-0.05, 0) is 42.0 Å². The summed E-state index contributed by atoms with van der Waals surface area (Å²) in [7, 11) is 1.59. The molecule has 1 heterocycles. The molecule has 1 N–H and O–H groups in total. The Labute approximate surface area is 163 Å². The Bertz CT molecular complexity index is 968. The molecule has 3 rings (SSSR count). The fourth-order valence-corrected chi connectivity index (χ4v) is 4.43. The van der Waals surface area contributed by atoms with Crippen molar-refractivity contribution in [2.75, 3.05) is 7.11 Å². The summed E-state index contributed by atoms with van der Waals surface area (Å²) in [4.78, 5) is 12.7. The second kappa shape index (κ2) is 7.62. The quantitative estimate of drug-likeness (QED) is 0.445. The SMILES string of the molecule is COc1ccc(/C=N/NC(=O)c2sc3cc(Cl)cc(Cl)c3c2Cl)cc1. The van der Waals surface area contributed by atoms with Crippen LogP contribution in [0.15, 0.2) is 41.5 Å². The highest BCUT2D eigenvalue weighted by Gasteiger charge is 2.19. The number of benzene rings is 2. The summed E-state index contributed by atoms with van der Waals surface area (Å²) in [6.07, 6.45) is 1.53. The summed E-state index contributed by atoms with van der Waals surface area (Å²) >= 11 is 19.6. The number of methoxy groups -OCH3 is 1. The number of nitrogens with one attached hydrogen (secondary N) is 1. The molecule has 0 unspecified atom stereocenters. The van der Waals surface area contributed by atoms with Crippen LogP contribution in [0.2, 0.25) is 15.1 Å². The molecule has 4 nitrogen and oxygen atoms in total. The summed E-state index contributed by atoms with van der Waals surface area (Å²) in [5.41, 5.74) is 3.28. The second-order valence-electron chi connectivity index (χ2n) is 4.98. The highest BCUT2D eigenvalue weighted by atomic mass is 35.5. The van der Waals surface area contributed by atoms with E-state index in [0.717, 1.165) is 16.0 Å². The highest BCUT2D eigenvalue weighted by Crippen LogP contribution is 2.41. The van der Waals surface area contributed by atoms with Gasteiger partial charge in [0.1, 0.15) is 10.6 Å². The lowest BCUT2D eigenvalue weighted by molar-refractivity contribution is 0.0959. The number of hydrazone groups is 1. The molecule has 0 fully saturated rings. The Morgan fingerprint density at radius 1 is 1.20 bits per heavy atom. The first-order valence-corrected chi connectivity index (χ1v) is 8.99. The number of hydrogen-bond acceptors (Lipinski definition) is 4. The summed E-state index contributed by atoms with van der Waals surface area (Å²) in [5.74, 6) is 0.330. The lowest BCUT2D eigenvalue weighted by Crippen LogP contribution is -2.16. The number of hydrogen-bond donors (Lipinski definition) is 1. The first-order valence-electron chi connectivity index (χ1n) is 7.04. The van der Waals surface area contributed by atoms with Crippen LogP contribution in [-0.4, -0.2) is 19.2 Å². The summed E-state index contributed by atoms with van der Waals surface area (Å²) < 4.78 is 5.82. The van der Waals surface area contributed by atoms with E-state index in [1.165, 1.54) is 17.6 Å². The number of nitrogens with zero attached hydrogens (tertiary/aromatic N) is 1. The molecule has 1 aromatic heterocycles. The fraction of sp³-hybridized carbons (Fsp3) is 0.0588. The van der Waals surface area contributed by atoms with Gasteiger partial charge in [0.2, 0.25) is 0 Å². The maximum absolute atomic E-state index is 12.3. The van der Waals surface area contributed by atoms with E-state index in [4.69, 9.17) is 39.5 Å². The average molecular weight is 414 g/mol. The molecule has 0 radical (unpaired) electrons. The second-order valence-corrected chi connectivity index (χ2v) is 7.25. The third-order valence-electron chi connectivity index (χ3n) is 3.35. The molecular formula is C17H11Cl3N2O2S. The number of rotatable bonds is 4. The standard InChI is InChI=1S/C17H11Cl3N2O2S/c1-24-11-4-2-9(3-5-11)8-21-22-17(23)16-15(20)14-12(19)6-10(18)7-13(14)25-16/h2-8H,1H3,(H,22,23)/b21-8+. The predicted molar refractivity (Wildman–Crippen MR) is 105 cm³/mol. The maximum atomic E-state index is 12.3. The van der Waals surface area contributed by atoms with Crippen molar-refractivity contribution in [1.29, 1.82) is 0 Å². The molecule has 3 aromatic rings. The molecule has 0 saturated carbocycles. The number of ether oxygens (including phenoxy) is 1. The van der Waals surface area contributed by atoms with Crippen LogP contribution in [0.5, 0.6) is 5.75 Å². The van der Waals surface area contributed by atoms with Gasteiger partial charge in [-0.3, -0.25) is 4.79 Å². The van der Waals surface area contributed by atoms with Crippen LogP contribution >= 0.6 is 46.1 Å². The van der Waals surface area contributed by atoms with Gasteiger partial charge in [-0.2, -0.15) is 5.10 Å². The molecule has 0 spiro atoms. The summed E-state index contributed by atoms with van der Waals surface area (Å²) in [6, 6.07) is 10.6. The Balaban J connectivity index is 1.79. The van der Waals surface area contributed by atoms with Crippen molar-refractivity contribution < 1.29 is 9.53 Å². The Morgan fingerprint density at radius 3 is 2.60 bits per heavy atom. The summed E-state index contributed by atoms with van der Waals surface area (Å²) in [5, 5.41) is 5.74. The zero-order valence-electron chi connectivity index (χ0n) is 12.8. The third kappa shape index (κ3) is 3.90. The van der Waals surface area contributed by atoms with Crippen LogP contribution < -0.4 is 10.2 Å². The lowest BCUT2D eigenvalue weighted by Gasteiger charge is -2.00. The topological polar surface area (TPSA) is 50.7 Å². The third-order valence-corrected chi connectivity index (χ3v) is 5.49. The van der Waals surface area contributed by atoms with Gasteiger partial charge in [0.15, 0.2) is 0 Å². The monoisotopic (exact) mass is 412 g/mol. The Morgan fingerprint density at radius 2 is 1.92 bits per heavy atom. The molecular weight excluding hydrogens is 403 g/mol. The lowest BCUT2D eigenvalue weighted by atomic mass is 10.2. The van der Waals surface area contributed by atoms with Crippen molar-refractivity contribution in [2.45, 2.75) is 0 Å². The minimum atomic E-state index is -0.414. The zero-order chi connectivity index (χ0) is 18.0. The molecule has 128 valence electrons. The van der Waals surface area contributed by atoms with Gasteiger partial charge in [-0.1, -0.05) is 34.8 Å². The maximum Gasteiger partial charge on any atom is 0.283 e. The van der Waals surface area contributed by atoms with Gasteiger partial charge >= 0.3 is 0 Å². The first-order chi connectivity index (χ1) is 12.0. The van der Waals surface area contributed by atoms with E-state index in [9.17, 15) is 4.79 Å². The fourth-order valence-electron chi connectivity index (χ4n) is 2.16. The average Bonchev–Trinajstić information content (AvgIpc) is 2.92. The van der Waals surface area contributed by atoms with Crippen molar-refractivity contribution >= 4 is 68.3 Å². The molecule has 0 aliphatic carbocycles. The minimum Gasteiger partial charge on any atom is -0.497 e. The Hall–Kier alpha value is -1.79. The van der Waals surface area contributed by atoms with Crippen molar-refractivity contribution in [2.24, 2.45) is 5.10 Å². The largest absolute Gasteiger partial charge is 0.497 e. The molecule has 0 aliphatic rings. The molecule has 0 atom stereocenters.